The Labute approximate surface area is 108 Å². The Morgan fingerprint density at radius 1 is 1.50 bits per heavy atom. The summed E-state index contributed by atoms with van der Waals surface area (Å²) in [5.41, 5.74) is 2.12. The highest BCUT2D eigenvalue weighted by atomic mass is 16.4. The molecule has 0 amide bonds. The first-order valence-electron chi connectivity index (χ1n) is 6.36. The fourth-order valence-electron chi connectivity index (χ4n) is 2.52. The number of benzene rings is 1. The van der Waals surface area contributed by atoms with Gasteiger partial charge in [-0.1, -0.05) is 30.3 Å². The van der Waals surface area contributed by atoms with Crippen LogP contribution >= 0.6 is 0 Å². The minimum absolute atomic E-state index is 0.390. The second-order valence-corrected chi connectivity index (χ2v) is 4.76. The second-order valence-electron chi connectivity index (χ2n) is 4.76. The van der Waals surface area contributed by atoms with Crippen molar-refractivity contribution in [1.82, 2.24) is 4.90 Å². The molecular weight excluding hydrogens is 226 g/mol. The highest BCUT2D eigenvalue weighted by Gasteiger charge is 2.29. The summed E-state index contributed by atoms with van der Waals surface area (Å²) in [6, 6.07) is 7.87. The average Bonchev–Trinajstić information content (AvgIpc) is 2.38. The molecule has 18 heavy (non-hydrogen) atoms. The van der Waals surface area contributed by atoms with Crippen LogP contribution in [0.5, 0.6) is 0 Å². The van der Waals surface area contributed by atoms with Crippen molar-refractivity contribution in [3.63, 3.8) is 0 Å². The van der Waals surface area contributed by atoms with Crippen LogP contribution in [-0.2, 0) is 11.3 Å². The van der Waals surface area contributed by atoms with Gasteiger partial charge in [-0.3, -0.25) is 9.69 Å². The SMILES string of the molecule is C=CCCCN1Cc2ccccc2C(C(=O)O)C1. The molecule has 3 heteroatoms. The molecule has 1 aliphatic heterocycles. The Kier molecular flexibility index (Phi) is 4.15. The lowest BCUT2D eigenvalue weighted by Crippen LogP contribution is -2.37. The van der Waals surface area contributed by atoms with E-state index < -0.39 is 11.9 Å². The molecule has 0 bridgehead atoms. The van der Waals surface area contributed by atoms with E-state index in [0.717, 1.165) is 37.1 Å². The van der Waals surface area contributed by atoms with Crippen LogP contribution in [0.2, 0.25) is 0 Å². The van der Waals surface area contributed by atoms with Crippen LogP contribution in [0, 0.1) is 0 Å². The largest absolute Gasteiger partial charge is 0.481 e. The minimum Gasteiger partial charge on any atom is -0.481 e. The van der Waals surface area contributed by atoms with E-state index in [2.05, 4.69) is 11.5 Å². The molecule has 0 saturated heterocycles. The van der Waals surface area contributed by atoms with Crippen molar-refractivity contribution in [3.8, 4) is 0 Å². The molecule has 0 aromatic heterocycles. The van der Waals surface area contributed by atoms with E-state index in [9.17, 15) is 9.90 Å². The predicted octanol–water partition coefficient (Wildman–Crippen LogP) is 2.64. The topological polar surface area (TPSA) is 40.5 Å². The van der Waals surface area contributed by atoms with Crippen molar-refractivity contribution in [1.29, 1.82) is 0 Å². The first-order chi connectivity index (χ1) is 8.72. The van der Waals surface area contributed by atoms with Crippen molar-refractivity contribution in [2.24, 2.45) is 0 Å². The highest BCUT2D eigenvalue weighted by molar-refractivity contribution is 5.77. The third-order valence-electron chi connectivity index (χ3n) is 3.45. The van der Waals surface area contributed by atoms with Gasteiger partial charge in [-0.15, -0.1) is 6.58 Å². The third-order valence-corrected chi connectivity index (χ3v) is 3.45. The molecule has 1 atom stereocenters. The summed E-state index contributed by atoms with van der Waals surface area (Å²) in [6.45, 7) is 6.12. The molecule has 1 aliphatic rings. The van der Waals surface area contributed by atoms with Gasteiger partial charge < -0.3 is 5.11 Å². The summed E-state index contributed by atoms with van der Waals surface area (Å²) in [5.74, 6) is -1.12. The molecule has 1 aromatic rings. The van der Waals surface area contributed by atoms with E-state index in [4.69, 9.17) is 0 Å². The maximum atomic E-state index is 11.3. The monoisotopic (exact) mass is 245 g/mol. The molecule has 0 spiro atoms. The Morgan fingerprint density at radius 2 is 2.28 bits per heavy atom. The van der Waals surface area contributed by atoms with Crippen molar-refractivity contribution in [2.75, 3.05) is 13.1 Å². The van der Waals surface area contributed by atoms with Gasteiger partial charge in [0.25, 0.3) is 0 Å². The van der Waals surface area contributed by atoms with E-state index in [-0.39, 0.29) is 0 Å². The van der Waals surface area contributed by atoms with Crippen LogP contribution in [0.4, 0.5) is 0 Å². The number of aliphatic carboxylic acids is 1. The second kappa shape index (κ2) is 5.83. The number of carbonyl (C=O) groups is 1. The zero-order valence-corrected chi connectivity index (χ0v) is 10.5. The van der Waals surface area contributed by atoms with Crippen LogP contribution in [-0.4, -0.2) is 29.1 Å². The van der Waals surface area contributed by atoms with Gasteiger partial charge in [-0.25, -0.2) is 0 Å². The highest BCUT2D eigenvalue weighted by Crippen LogP contribution is 2.28. The van der Waals surface area contributed by atoms with Gasteiger partial charge in [0.2, 0.25) is 0 Å². The van der Waals surface area contributed by atoms with Gasteiger partial charge in [-0.2, -0.15) is 0 Å². The zero-order valence-electron chi connectivity index (χ0n) is 10.5. The summed E-state index contributed by atoms with van der Waals surface area (Å²) in [7, 11) is 0. The van der Waals surface area contributed by atoms with E-state index in [0.29, 0.717) is 6.54 Å². The fraction of sp³-hybridized carbons (Fsp3) is 0.400. The molecule has 1 N–H and O–H groups in total. The number of rotatable bonds is 5. The lowest BCUT2D eigenvalue weighted by Gasteiger charge is -2.32. The van der Waals surface area contributed by atoms with Gasteiger partial charge >= 0.3 is 5.97 Å². The molecule has 0 aliphatic carbocycles. The Hall–Kier alpha value is -1.61. The number of hydrogen-bond acceptors (Lipinski definition) is 2. The standard InChI is InChI=1S/C15H19NO2/c1-2-3-6-9-16-10-12-7-4-5-8-13(12)14(11-16)15(17)18/h2,4-5,7-8,14H,1,3,6,9-11H2,(H,17,18). The van der Waals surface area contributed by atoms with Gasteiger partial charge in [0, 0.05) is 13.1 Å². The van der Waals surface area contributed by atoms with Crippen LogP contribution in [0.15, 0.2) is 36.9 Å². The van der Waals surface area contributed by atoms with Crippen molar-refractivity contribution < 1.29 is 9.90 Å². The summed E-state index contributed by atoms with van der Waals surface area (Å²) < 4.78 is 0. The summed E-state index contributed by atoms with van der Waals surface area (Å²) in [6.07, 6.45) is 3.93. The first-order valence-corrected chi connectivity index (χ1v) is 6.36. The van der Waals surface area contributed by atoms with Crippen LogP contribution in [0.1, 0.15) is 29.9 Å². The van der Waals surface area contributed by atoms with Gasteiger partial charge in [0.1, 0.15) is 0 Å². The number of allylic oxidation sites excluding steroid dienone is 1. The minimum atomic E-state index is -0.726. The molecule has 96 valence electrons. The number of hydrogen-bond donors (Lipinski definition) is 1. The molecule has 2 rings (SSSR count). The molecule has 3 nitrogen and oxygen atoms in total. The number of carboxylic acid groups (broad SMARTS) is 1. The average molecular weight is 245 g/mol. The van der Waals surface area contributed by atoms with E-state index in [1.807, 2.05) is 30.3 Å². The molecule has 0 saturated carbocycles. The van der Waals surface area contributed by atoms with Crippen molar-refractivity contribution in [3.05, 3.63) is 48.0 Å². The Bertz CT molecular complexity index is 442. The zero-order chi connectivity index (χ0) is 13.0. The predicted molar refractivity (Wildman–Crippen MR) is 71.5 cm³/mol. The maximum absolute atomic E-state index is 11.3. The van der Waals surface area contributed by atoms with E-state index in [1.165, 1.54) is 0 Å². The number of carboxylic acids is 1. The van der Waals surface area contributed by atoms with Gasteiger partial charge in [0.05, 0.1) is 5.92 Å². The number of nitrogens with zero attached hydrogens (tertiary/aromatic N) is 1. The molecule has 0 radical (unpaired) electrons. The molecule has 1 heterocycles. The fourth-order valence-corrected chi connectivity index (χ4v) is 2.52. The summed E-state index contributed by atoms with van der Waals surface area (Å²) in [5, 5.41) is 9.33. The van der Waals surface area contributed by atoms with E-state index in [1.54, 1.807) is 0 Å². The smallest absolute Gasteiger partial charge is 0.312 e. The molecule has 0 fully saturated rings. The Morgan fingerprint density at radius 3 is 3.00 bits per heavy atom. The van der Waals surface area contributed by atoms with Crippen molar-refractivity contribution in [2.45, 2.75) is 25.3 Å². The normalized spacial score (nSPS) is 19.2. The van der Waals surface area contributed by atoms with Crippen LogP contribution in [0.25, 0.3) is 0 Å². The van der Waals surface area contributed by atoms with Crippen LogP contribution in [0.3, 0.4) is 0 Å². The number of unbranched alkanes of at least 4 members (excludes halogenated alkanes) is 1. The first kappa shape index (κ1) is 12.8. The molecule has 1 aromatic carbocycles. The number of fused-ring (bicyclic) bond motifs is 1. The van der Waals surface area contributed by atoms with Crippen LogP contribution < -0.4 is 0 Å². The van der Waals surface area contributed by atoms with E-state index >= 15 is 0 Å². The third kappa shape index (κ3) is 2.79. The summed E-state index contributed by atoms with van der Waals surface area (Å²) in [4.78, 5) is 13.6. The van der Waals surface area contributed by atoms with Crippen molar-refractivity contribution >= 4 is 5.97 Å². The summed E-state index contributed by atoms with van der Waals surface area (Å²) >= 11 is 0. The maximum Gasteiger partial charge on any atom is 0.312 e. The lowest BCUT2D eigenvalue weighted by atomic mass is 9.90. The molecule has 1 unspecified atom stereocenters. The molecular formula is C15H19NO2. The van der Waals surface area contributed by atoms with Gasteiger partial charge in [0.15, 0.2) is 0 Å². The Balaban J connectivity index is 2.13. The van der Waals surface area contributed by atoms with Gasteiger partial charge in [-0.05, 0) is 30.5 Å². The lowest BCUT2D eigenvalue weighted by molar-refractivity contribution is -0.139. The quantitative estimate of drug-likeness (QED) is 0.640.